The molecule has 1 aliphatic rings. The number of likely N-dealkylation sites (tertiary alicyclic amines) is 1. The van der Waals surface area contributed by atoms with Crippen molar-refractivity contribution in [2.75, 3.05) is 26.7 Å². The minimum Gasteiger partial charge on any atom is -0.480 e. The molecule has 5 heteroatoms. The van der Waals surface area contributed by atoms with E-state index in [1.807, 2.05) is 0 Å². The average Bonchev–Trinajstić information content (AvgIpc) is 2.44. The van der Waals surface area contributed by atoms with Gasteiger partial charge in [-0.1, -0.05) is 33.0 Å². The summed E-state index contributed by atoms with van der Waals surface area (Å²) in [6, 6.07) is 0. The van der Waals surface area contributed by atoms with E-state index in [0.29, 0.717) is 24.6 Å². The summed E-state index contributed by atoms with van der Waals surface area (Å²) in [5.74, 6) is -0.737. The lowest BCUT2D eigenvalue weighted by molar-refractivity contribution is -0.145. The SMILES string of the molecule is [B]CCCCC(CCN1CCC(C)(C)CC1)(NC)C(=O)O. The van der Waals surface area contributed by atoms with Crippen LogP contribution in [-0.2, 0) is 4.79 Å². The van der Waals surface area contributed by atoms with Gasteiger partial charge < -0.3 is 15.3 Å². The molecule has 21 heavy (non-hydrogen) atoms. The van der Waals surface area contributed by atoms with E-state index in [9.17, 15) is 9.90 Å². The van der Waals surface area contributed by atoms with Crippen molar-refractivity contribution in [3.8, 4) is 0 Å². The summed E-state index contributed by atoms with van der Waals surface area (Å²) in [4.78, 5) is 14.1. The Balaban J connectivity index is 2.51. The van der Waals surface area contributed by atoms with Crippen LogP contribution < -0.4 is 5.32 Å². The summed E-state index contributed by atoms with van der Waals surface area (Å²) < 4.78 is 0. The summed E-state index contributed by atoms with van der Waals surface area (Å²) in [6.07, 6.45) is 6.06. The minimum absolute atomic E-state index is 0.435. The fourth-order valence-electron chi connectivity index (χ4n) is 3.00. The number of carbonyl (C=O) groups is 1. The quantitative estimate of drug-likeness (QED) is 0.506. The van der Waals surface area contributed by atoms with Crippen LogP contribution >= 0.6 is 0 Å². The highest BCUT2D eigenvalue weighted by Crippen LogP contribution is 2.30. The molecule has 0 aliphatic carbocycles. The van der Waals surface area contributed by atoms with Crippen LogP contribution in [0.25, 0.3) is 0 Å². The largest absolute Gasteiger partial charge is 0.480 e. The van der Waals surface area contributed by atoms with Crippen molar-refractivity contribution in [1.29, 1.82) is 0 Å². The molecule has 2 radical (unpaired) electrons. The zero-order valence-electron chi connectivity index (χ0n) is 14.0. The van der Waals surface area contributed by atoms with E-state index in [1.54, 1.807) is 7.05 Å². The molecule has 1 aliphatic heterocycles. The van der Waals surface area contributed by atoms with Gasteiger partial charge in [0.15, 0.2) is 0 Å². The number of carboxylic acid groups (broad SMARTS) is 1. The molecule has 4 nitrogen and oxygen atoms in total. The number of hydrogen-bond acceptors (Lipinski definition) is 3. The Kier molecular flexibility index (Phi) is 7.21. The second kappa shape index (κ2) is 8.18. The summed E-state index contributed by atoms with van der Waals surface area (Å²) in [6.45, 7) is 7.63. The maximum atomic E-state index is 11.7. The van der Waals surface area contributed by atoms with Gasteiger partial charge in [0, 0.05) is 6.54 Å². The number of likely N-dealkylation sites (N-methyl/N-ethyl adjacent to an activating group) is 1. The molecule has 2 N–H and O–H groups in total. The van der Waals surface area contributed by atoms with Crippen molar-refractivity contribution in [3.63, 3.8) is 0 Å². The smallest absolute Gasteiger partial charge is 0.323 e. The Morgan fingerprint density at radius 3 is 2.38 bits per heavy atom. The predicted molar refractivity (Wildman–Crippen MR) is 87.9 cm³/mol. The lowest BCUT2D eigenvalue weighted by Crippen LogP contribution is -2.52. The second-order valence-corrected chi connectivity index (χ2v) is 7.14. The first kappa shape index (κ1) is 18.5. The molecule has 1 fully saturated rings. The third-order valence-electron chi connectivity index (χ3n) is 5.01. The molecule has 1 rings (SSSR count). The van der Waals surface area contributed by atoms with Crippen LogP contribution in [0, 0.1) is 5.41 Å². The van der Waals surface area contributed by atoms with Gasteiger partial charge in [-0.05, 0) is 51.2 Å². The zero-order valence-corrected chi connectivity index (χ0v) is 14.0. The standard InChI is InChI=1S/C16H31BN2O2/c1-15(2)7-11-19(12-8-15)13-9-16(18-3,14(20)21)6-4-5-10-17/h18H,4-13H2,1-3H3,(H,20,21). The lowest BCUT2D eigenvalue weighted by Gasteiger charge is -2.38. The number of hydrogen-bond donors (Lipinski definition) is 2. The average molecular weight is 294 g/mol. The first-order valence-corrected chi connectivity index (χ1v) is 8.20. The number of piperidine rings is 1. The molecule has 1 unspecified atom stereocenters. The van der Waals surface area contributed by atoms with Gasteiger partial charge in [-0.2, -0.15) is 0 Å². The maximum Gasteiger partial charge on any atom is 0.323 e. The van der Waals surface area contributed by atoms with E-state index in [-0.39, 0.29) is 0 Å². The van der Waals surface area contributed by atoms with Crippen molar-refractivity contribution in [2.24, 2.45) is 5.41 Å². The number of nitrogens with zero attached hydrogens (tertiary/aromatic N) is 1. The lowest BCUT2D eigenvalue weighted by atomic mass is 9.82. The molecule has 0 spiro atoms. The molecule has 0 aromatic heterocycles. The monoisotopic (exact) mass is 294 g/mol. The molecule has 0 aromatic carbocycles. The van der Waals surface area contributed by atoms with Crippen LogP contribution in [0.1, 0.15) is 52.4 Å². The third kappa shape index (κ3) is 5.63. The van der Waals surface area contributed by atoms with E-state index in [0.717, 1.165) is 32.5 Å². The molecule has 120 valence electrons. The van der Waals surface area contributed by atoms with E-state index >= 15 is 0 Å². The van der Waals surface area contributed by atoms with E-state index in [2.05, 4.69) is 24.1 Å². The second-order valence-electron chi connectivity index (χ2n) is 7.14. The molecule has 0 bridgehead atoms. The first-order chi connectivity index (χ1) is 9.85. The van der Waals surface area contributed by atoms with Gasteiger partial charge in [-0.3, -0.25) is 4.79 Å². The van der Waals surface area contributed by atoms with E-state index in [1.165, 1.54) is 12.8 Å². The molecular weight excluding hydrogens is 263 g/mol. The Hall–Kier alpha value is -0.545. The van der Waals surface area contributed by atoms with Crippen molar-refractivity contribution in [2.45, 2.75) is 64.2 Å². The molecule has 1 atom stereocenters. The highest BCUT2D eigenvalue weighted by molar-refractivity contribution is 6.08. The first-order valence-electron chi connectivity index (χ1n) is 8.20. The Morgan fingerprint density at radius 1 is 1.29 bits per heavy atom. The summed E-state index contributed by atoms with van der Waals surface area (Å²) in [5, 5.41) is 12.7. The van der Waals surface area contributed by atoms with Crippen LogP contribution in [0.4, 0.5) is 0 Å². The van der Waals surface area contributed by atoms with Gasteiger partial charge in [0.2, 0.25) is 0 Å². The number of nitrogens with one attached hydrogen (secondary N) is 1. The predicted octanol–water partition coefficient (Wildman–Crippen LogP) is 2.30. The topological polar surface area (TPSA) is 52.6 Å². The summed E-state index contributed by atoms with van der Waals surface area (Å²) in [7, 11) is 7.28. The van der Waals surface area contributed by atoms with Crippen LogP contribution in [0.3, 0.4) is 0 Å². The third-order valence-corrected chi connectivity index (χ3v) is 5.01. The highest BCUT2D eigenvalue weighted by atomic mass is 16.4. The Bertz CT molecular complexity index is 326. The molecular formula is C16H31BN2O2. The van der Waals surface area contributed by atoms with E-state index in [4.69, 9.17) is 7.85 Å². The Morgan fingerprint density at radius 2 is 1.90 bits per heavy atom. The summed E-state index contributed by atoms with van der Waals surface area (Å²) >= 11 is 0. The van der Waals surface area contributed by atoms with Gasteiger partial charge >= 0.3 is 5.97 Å². The maximum absolute atomic E-state index is 11.7. The highest BCUT2D eigenvalue weighted by Gasteiger charge is 2.37. The Labute approximate surface area is 131 Å². The van der Waals surface area contributed by atoms with Crippen molar-refractivity contribution >= 4 is 13.8 Å². The minimum atomic E-state index is -0.803. The fourth-order valence-corrected chi connectivity index (χ4v) is 3.00. The molecule has 0 saturated carbocycles. The van der Waals surface area contributed by atoms with Crippen LogP contribution in [0.2, 0.25) is 6.32 Å². The molecule has 0 aromatic rings. The molecule has 1 heterocycles. The number of rotatable bonds is 9. The van der Waals surface area contributed by atoms with Gasteiger partial charge in [-0.15, -0.1) is 0 Å². The van der Waals surface area contributed by atoms with Crippen LogP contribution in [0.15, 0.2) is 0 Å². The number of unbranched alkanes of at least 4 members (excludes halogenated alkanes) is 1. The van der Waals surface area contributed by atoms with Gasteiger partial charge in [0.05, 0.1) is 7.85 Å². The van der Waals surface area contributed by atoms with Crippen molar-refractivity contribution in [1.82, 2.24) is 10.2 Å². The molecule has 1 saturated heterocycles. The van der Waals surface area contributed by atoms with Gasteiger partial charge in [0.25, 0.3) is 0 Å². The van der Waals surface area contributed by atoms with Crippen LogP contribution in [0.5, 0.6) is 0 Å². The summed E-state index contributed by atoms with van der Waals surface area (Å²) in [5.41, 5.74) is -0.368. The normalized spacial score (nSPS) is 21.9. The zero-order chi connectivity index (χ0) is 15.9. The van der Waals surface area contributed by atoms with Crippen LogP contribution in [-0.4, -0.2) is 56.0 Å². The molecule has 0 amide bonds. The van der Waals surface area contributed by atoms with Crippen molar-refractivity contribution < 1.29 is 9.90 Å². The van der Waals surface area contributed by atoms with Crippen molar-refractivity contribution in [3.05, 3.63) is 0 Å². The number of aliphatic carboxylic acids is 1. The number of carboxylic acids is 1. The fraction of sp³-hybridized carbons (Fsp3) is 0.938. The van der Waals surface area contributed by atoms with E-state index < -0.39 is 11.5 Å². The van der Waals surface area contributed by atoms with Gasteiger partial charge in [0.1, 0.15) is 5.54 Å². The van der Waals surface area contributed by atoms with Gasteiger partial charge in [-0.25, -0.2) is 0 Å².